The molecule has 0 aliphatic heterocycles. The van der Waals surface area contributed by atoms with Gasteiger partial charge in [0.25, 0.3) is 5.91 Å². The number of nitrogens with zero attached hydrogens (tertiary/aromatic N) is 3. The lowest BCUT2D eigenvalue weighted by atomic mass is 10.3. The molecular weight excluding hydrogens is 263 g/mol. The highest BCUT2D eigenvalue weighted by Crippen LogP contribution is 2.18. The minimum atomic E-state index is -4.45. The van der Waals surface area contributed by atoms with Gasteiger partial charge in [-0.2, -0.15) is 13.2 Å². The van der Waals surface area contributed by atoms with Crippen molar-refractivity contribution in [3.05, 3.63) is 17.8 Å². The molecule has 0 radical (unpaired) electrons. The molecule has 0 unspecified atom stereocenters. The molecule has 6 nitrogen and oxygen atoms in total. The average Bonchev–Trinajstić information content (AvgIpc) is 2.36. The Morgan fingerprint density at radius 2 is 2.11 bits per heavy atom. The summed E-state index contributed by atoms with van der Waals surface area (Å²) in [7, 11) is 0. The second kappa shape index (κ2) is 6.32. The van der Waals surface area contributed by atoms with Crippen molar-refractivity contribution in [3.8, 4) is 0 Å². The molecule has 1 amide bonds. The molecule has 9 heteroatoms. The third-order valence-corrected chi connectivity index (χ3v) is 2.18. The maximum absolute atomic E-state index is 12.4. The number of amides is 1. The van der Waals surface area contributed by atoms with Crippen molar-refractivity contribution < 1.29 is 18.0 Å². The fourth-order valence-electron chi connectivity index (χ4n) is 1.42. The highest BCUT2D eigenvalue weighted by molar-refractivity contribution is 5.92. The van der Waals surface area contributed by atoms with E-state index in [1.165, 1.54) is 12.1 Å². The first-order valence-corrected chi connectivity index (χ1v) is 5.53. The lowest BCUT2D eigenvalue weighted by molar-refractivity contribution is -0.140. The molecule has 0 aromatic carbocycles. The zero-order valence-electron chi connectivity index (χ0n) is 10.2. The summed E-state index contributed by atoms with van der Waals surface area (Å²) in [6.07, 6.45) is -4.03. The van der Waals surface area contributed by atoms with Gasteiger partial charge in [-0.3, -0.25) is 4.79 Å². The standard InChI is InChI=1S/C10H14F3N5O/c1-2-5-18(6-10(11,12)13)9(19)7-3-4-8(15-14)17-16-7/h3-4H,2,5-6,14H2,1H3,(H,15,17). The number of carbonyl (C=O) groups excluding carboxylic acids is 1. The Labute approximate surface area is 107 Å². The normalized spacial score (nSPS) is 11.2. The number of anilines is 1. The topological polar surface area (TPSA) is 84.1 Å². The first-order valence-electron chi connectivity index (χ1n) is 5.53. The number of hydrogen-bond acceptors (Lipinski definition) is 5. The number of hydrazine groups is 1. The van der Waals surface area contributed by atoms with E-state index in [1.807, 2.05) is 0 Å². The van der Waals surface area contributed by atoms with Crippen LogP contribution in [-0.4, -0.2) is 40.3 Å². The number of hydrogen-bond donors (Lipinski definition) is 2. The first kappa shape index (κ1) is 15.2. The van der Waals surface area contributed by atoms with E-state index < -0.39 is 18.6 Å². The van der Waals surface area contributed by atoms with Gasteiger partial charge in [0.1, 0.15) is 6.54 Å². The molecule has 3 N–H and O–H groups in total. The van der Waals surface area contributed by atoms with E-state index in [4.69, 9.17) is 5.84 Å². The Morgan fingerprint density at radius 1 is 1.42 bits per heavy atom. The fraction of sp³-hybridized carbons (Fsp3) is 0.500. The molecule has 0 bridgehead atoms. The molecular formula is C10H14F3N5O. The Kier molecular flexibility index (Phi) is 5.04. The lowest BCUT2D eigenvalue weighted by Crippen LogP contribution is -2.39. The molecule has 0 atom stereocenters. The third kappa shape index (κ3) is 4.70. The van der Waals surface area contributed by atoms with Crippen LogP contribution in [0.4, 0.5) is 19.0 Å². The number of aromatic nitrogens is 2. The number of halogens is 3. The summed E-state index contributed by atoms with van der Waals surface area (Å²) < 4.78 is 37.1. The summed E-state index contributed by atoms with van der Waals surface area (Å²) in [6.45, 7) is 0.374. The molecule has 0 saturated heterocycles. The molecule has 0 aliphatic rings. The number of nitrogen functional groups attached to an aromatic ring is 1. The predicted molar refractivity (Wildman–Crippen MR) is 62.1 cm³/mol. The Morgan fingerprint density at radius 3 is 2.53 bits per heavy atom. The van der Waals surface area contributed by atoms with Crippen LogP contribution in [0.1, 0.15) is 23.8 Å². The molecule has 106 valence electrons. The summed E-state index contributed by atoms with van der Waals surface area (Å²) >= 11 is 0. The number of nitrogens with two attached hydrogens (primary N) is 1. The summed E-state index contributed by atoms with van der Waals surface area (Å²) in [4.78, 5) is 12.6. The van der Waals surface area contributed by atoms with Crippen LogP contribution in [-0.2, 0) is 0 Å². The van der Waals surface area contributed by atoms with Crippen molar-refractivity contribution in [1.29, 1.82) is 0 Å². The van der Waals surface area contributed by atoms with E-state index in [-0.39, 0.29) is 18.1 Å². The summed E-state index contributed by atoms with van der Waals surface area (Å²) in [5, 5.41) is 7.07. The summed E-state index contributed by atoms with van der Waals surface area (Å²) in [6, 6.07) is 2.63. The van der Waals surface area contributed by atoms with Crippen LogP contribution < -0.4 is 11.3 Å². The van der Waals surface area contributed by atoms with Gasteiger partial charge in [-0.25, -0.2) is 5.84 Å². The van der Waals surface area contributed by atoms with Crippen LogP contribution in [0.3, 0.4) is 0 Å². The molecule has 0 fully saturated rings. The van der Waals surface area contributed by atoms with Crippen molar-refractivity contribution in [2.45, 2.75) is 19.5 Å². The number of rotatable bonds is 5. The lowest BCUT2D eigenvalue weighted by Gasteiger charge is -2.22. The van der Waals surface area contributed by atoms with Crippen LogP contribution in [0, 0.1) is 0 Å². The van der Waals surface area contributed by atoms with Gasteiger partial charge in [0, 0.05) is 6.54 Å². The monoisotopic (exact) mass is 277 g/mol. The van der Waals surface area contributed by atoms with Gasteiger partial charge in [-0.15, -0.1) is 10.2 Å². The SMILES string of the molecule is CCCN(CC(F)(F)F)C(=O)c1ccc(NN)nn1. The Balaban J connectivity index is 2.85. The molecule has 0 saturated carbocycles. The molecule has 0 spiro atoms. The largest absolute Gasteiger partial charge is 0.406 e. The number of nitrogens with one attached hydrogen (secondary N) is 1. The minimum absolute atomic E-state index is 0.00306. The molecule has 1 aromatic rings. The van der Waals surface area contributed by atoms with Gasteiger partial charge < -0.3 is 10.3 Å². The highest BCUT2D eigenvalue weighted by Gasteiger charge is 2.33. The Hall–Kier alpha value is -1.90. The van der Waals surface area contributed by atoms with Crippen LogP contribution in [0.5, 0.6) is 0 Å². The maximum atomic E-state index is 12.4. The van der Waals surface area contributed by atoms with Crippen LogP contribution in [0.15, 0.2) is 12.1 Å². The molecule has 1 rings (SSSR count). The van der Waals surface area contributed by atoms with Crippen molar-refractivity contribution in [2.24, 2.45) is 5.84 Å². The fourth-order valence-corrected chi connectivity index (χ4v) is 1.42. The number of carbonyl (C=O) groups is 1. The first-order chi connectivity index (χ1) is 8.87. The van der Waals surface area contributed by atoms with E-state index in [0.29, 0.717) is 11.3 Å². The quantitative estimate of drug-likeness (QED) is 0.623. The zero-order chi connectivity index (χ0) is 14.5. The van der Waals surface area contributed by atoms with Crippen LogP contribution in [0.2, 0.25) is 0 Å². The van der Waals surface area contributed by atoms with E-state index >= 15 is 0 Å². The van der Waals surface area contributed by atoms with E-state index in [1.54, 1.807) is 6.92 Å². The van der Waals surface area contributed by atoms with E-state index in [9.17, 15) is 18.0 Å². The highest BCUT2D eigenvalue weighted by atomic mass is 19.4. The van der Waals surface area contributed by atoms with Gasteiger partial charge in [0.05, 0.1) is 0 Å². The molecule has 0 aliphatic carbocycles. The molecule has 1 heterocycles. The maximum Gasteiger partial charge on any atom is 0.406 e. The zero-order valence-corrected chi connectivity index (χ0v) is 10.2. The Bertz CT molecular complexity index is 420. The van der Waals surface area contributed by atoms with Gasteiger partial charge in [-0.1, -0.05) is 6.92 Å². The summed E-state index contributed by atoms with van der Waals surface area (Å²) in [5.74, 6) is 4.48. The second-order valence-electron chi connectivity index (χ2n) is 3.79. The molecule has 19 heavy (non-hydrogen) atoms. The van der Waals surface area contributed by atoms with Gasteiger partial charge in [-0.05, 0) is 18.6 Å². The van der Waals surface area contributed by atoms with Crippen LogP contribution in [0.25, 0.3) is 0 Å². The number of alkyl halides is 3. The predicted octanol–water partition coefficient (Wildman–Crippen LogP) is 1.18. The smallest absolute Gasteiger partial charge is 0.328 e. The third-order valence-electron chi connectivity index (χ3n) is 2.18. The second-order valence-corrected chi connectivity index (χ2v) is 3.79. The van der Waals surface area contributed by atoms with Gasteiger partial charge >= 0.3 is 6.18 Å². The van der Waals surface area contributed by atoms with Crippen molar-refractivity contribution >= 4 is 11.7 Å². The van der Waals surface area contributed by atoms with E-state index in [0.717, 1.165) is 0 Å². The van der Waals surface area contributed by atoms with Crippen molar-refractivity contribution in [3.63, 3.8) is 0 Å². The summed E-state index contributed by atoms with van der Waals surface area (Å²) in [5.41, 5.74) is 2.05. The average molecular weight is 277 g/mol. The van der Waals surface area contributed by atoms with E-state index in [2.05, 4.69) is 15.6 Å². The van der Waals surface area contributed by atoms with Crippen molar-refractivity contribution in [2.75, 3.05) is 18.5 Å². The molecule has 1 aromatic heterocycles. The van der Waals surface area contributed by atoms with Crippen LogP contribution >= 0.6 is 0 Å². The van der Waals surface area contributed by atoms with Crippen molar-refractivity contribution in [1.82, 2.24) is 15.1 Å². The van der Waals surface area contributed by atoms with Gasteiger partial charge in [0.15, 0.2) is 11.5 Å². The minimum Gasteiger partial charge on any atom is -0.328 e. The van der Waals surface area contributed by atoms with Gasteiger partial charge in [0.2, 0.25) is 0 Å².